The maximum absolute atomic E-state index is 12.6. The Morgan fingerprint density at radius 2 is 1.67 bits per heavy atom. The van der Waals surface area contributed by atoms with Crippen molar-refractivity contribution in [3.05, 3.63) is 78.1 Å². The van der Waals surface area contributed by atoms with Crippen LogP contribution in [0.1, 0.15) is 11.3 Å². The minimum Gasteiger partial charge on any atom is -0.358 e. The highest BCUT2D eigenvalue weighted by atomic mass is 32.2. The summed E-state index contributed by atoms with van der Waals surface area (Å²) in [5, 5.41) is 6.81. The molecule has 0 radical (unpaired) electrons. The van der Waals surface area contributed by atoms with E-state index in [1.54, 1.807) is 43.3 Å². The van der Waals surface area contributed by atoms with Crippen molar-refractivity contribution in [2.24, 2.45) is 0 Å². The van der Waals surface area contributed by atoms with E-state index in [-0.39, 0.29) is 4.90 Å². The second-order valence-corrected chi connectivity index (χ2v) is 6.79. The van der Waals surface area contributed by atoms with Gasteiger partial charge in [-0.15, -0.1) is 0 Å². The maximum atomic E-state index is 12.6. The van der Waals surface area contributed by atoms with Crippen LogP contribution < -0.4 is 9.71 Å². The first-order chi connectivity index (χ1) is 11.5. The van der Waals surface area contributed by atoms with Crippen LogP contribution in [0.5, 0.6) is 0 Å². The standard InChI is InChI=1S/C17H15N3O3S/c1-13-12-16(19-23-13)18-17(14-8-4-2-5-9-14)20-24(21,22)15-10-6-3-7-11-15/h2-12H,1H3,(H,18,19,20)/p+1. The van der Waals surface area contributed by atoms with Crippen LogP contribution in [0.15, 0.2) is 76.1 Å². The molecular weight excluding hydrogens is 326 g/mol. The average Bonchev–Trinajstić information content (AvgIpc) is 3.01. The molecule has 0 unspecified atom stereocenters. The molecule has 0 aliphatic carbocycles. The van der Waals surface area contributed by atoms with Gasteiger partial charge in [0.25, 0.3) is 11.7 Å². The van der Waals surface area contributed by atoms with Crippen molar-refractivity contribution in [2.45, 2.75) is 11.8 Å². The van der Waals surface area contributed by atoms with Crippen molar-refractivity contribution in [2.75, 3.05) is 5.32 Å². The van der Waals surface area contributed by atoms with Crippen molar-refractivity contribution in [3.63, 3.8) is 0 Å². The van der Waals surface area contributed by atoms with Gasteiger partial charge in [-0.25, -0.2) is 5.32 Å². The van der Waals surface area contributed by atoms with Crippen LogP contribution in [-0.2, 0) is 10.0 Å². The Bertz CT molecular complexity index is 949. The van der Waals surface area contributed by atoms with Crippen LogP contribution in [0, 0.1) is 6.92 Å². The second kappa shape index (κ2) is 6.67. The van der Waals surface area contributed by atoms with Gasteiger partial charge in [0, 0.05) is 6.07 Å². The lowest BCUT2D eigenvalue weighted by molar-refractivity contribution is -0.266. The molecule has 0 aliphatic rings. The number of rotatable bonds is 4. The third kappa shape index (κ3) is 3.69. The summed E-state index contributed by atoms with van der Waals surface area (Å²) in [5.74, 6) is 1.34. The van der Waals surface area contributed by atoms with Gasteiger partial charge in [0.1, 0.15) is 10.7 Å². The summed E-state index contributed by atoms with van der Waals surface area (Å²) >= 11 is 0. The Labute approximate surface area is 139 Å². The average molecular weight is 342 g/mol. The number of benzene rings is 2. The fraction of sp³-hybridized carbons (Fsp3) is 0.0588. The highest BCUT2D eigenvalue weighted by Gasteiger charge is 2.21. The van der Waals surface area contributed by atoms with Gasteiger partial charge >= 0.3 is 10.0 Å². The molecule has 0 amide bonds. The summed E-state index contributed by atoms with van der Waals surface area (Å²) in [5.41, 5.74) is 0.678. The van der Waals surface area contributed by atoms with Gasteiger partial charge in [-0.2, -0.15) is 12.8 Å². The van der Waals surface area contributed by atoms with E-state index >= 15 is 0 Å². The van der Waals surface area contributed by atoms with E-state index in [1.165, 1.54) is 12.1 Å². The molecule has 0 fully saturated rings. The Hall–Kier alpha value is -2.93. The highest BCUT2D eigenvalue weighted by molar-refractivity contribution is 7.84. The molecule has 0 bridgehead atoms. The normalized spacial score (nSPS) is 12.1. The van der Waals surface area contributed by atoms with Gasteiger partial charge in [0.15, 0.2) is 0 Å². The van der Waals surface area contributed by atoms with Crippen molar-refractivity contribution >= 4 is 21.7 Å². The summed E-state index contributed by atoms with van der Waals surface area (Å²) in [6.07, 6.45) is 0. The number of amidine groups is 1. The number of sulfonamides is 1. The van der Waals surface area contributed by atoms with Crippen LogP contribution in [0.2, 0.25) is 0 Å². The molecule has 6 nitrogen and oxygen atoms in total. The first-order valence-electron chi connectivity index (χ1n) is 7.25. The smallest absolute Gasteiger partial charge is 0.328 e. The molecule has 0 aliphatic heterocycles. The molecule has 2 N–H and O–H groups in total. The Morgan fingerprint density at radius 3 is 2.25 bits per heavy atom. The molecule has 3 rings (SSSR count). The quantitative estimate of drug-likeness (QED) is 0.551. The molecule has 3 aromatic rings. The van der Waals surface area contributed by atoms with Crippen LogP contribution in [0.25, 0.3) is 0 Å². The Kier molecular flexibility index (Phi) is 4.43. The van der Waals surface area contributed by atoms with Crippen molar-refractivity contribution < 1.29 is 17.3 Å². The zero-order valence-electron chi connectivity index (χ0n) is 12.9. The summed E-state index contributed by atoms with van der Waals surface area (Å²) < 4.78 is 32.8. The lowest BCUT2D eigenvalue weighted by Crippen LogP contribution is -2.78. The van der Waals surface area contributed by atoms with Gasteiger partial charge < -0.3 is 4.52 Å². The number of aryl methyl sites for hydroxylation is 1. The molecule has 122 valence electrons. The molecule has 0 saturated heterocycles. The topological polar surface area (TPSA) is 86.2 Å². The van der Waals surface area contributed by atoms with Gasteiger partial charge in [-0.1, -0.05) is 36.4 Å². The fourth-order valence-electron chi connectivity index (χ4n) is 2.11. The molecule has 2 aromatic carbocycles. The van der Waals surface area contributed by atoms with Gasteiger partial charge in [-0.05, 0) is 36.3 Å². The second-order valence-electron chi connectivity index (χ2n) is 5.11. The summed E-state index contributed by atoms with van der Waals surface area (Å²) in [7, 11) is -3.73. The van der Waals surface area contributed by atoms with E-state index in [4.69, 9.17) is 4.52 Å². The zero-order valence-corrected chi connectivity index (χ0v) is 13.7. The lowest BCUT2D eigenvalue weighted by Gasteiger charge is -2.02. The number of anilines is 1. The van der Waals surface area contributed by atoms with E-state index in [9.17, 15) is 8.42 Å². The van der Waals surface area contributed by atoms with E-state index in [0.29, 0.717) is 23.0 Å². The number of aromatic nitrogens is 1. The minimum absolute atomic E-state index is 0.177. The third-order valence-electron chi connectivity index (χ3n) is 3.23. The SMILES string of the molecule is Cc1cc(NC(=[NH+]S(=O)(=O)c2ccccc2)c2ccccc2)no1. The molecular formula is C17H16N3O3S+. The van der Waals surface area contributed by atoms with E-state index in [0.717, 1.165) is 0 Å². The summed E-state index contributed by atoms with van der Waals surface area (Å²) in [6, 6.07) is 18.9. The Morgan fingerprint density at radius 1 is 1.04 bits per heavy atom. The van der Waals surface area contributed by atoms with Crippen molar-refractivity contribution in [1.29, 1.82) is 0 Å². The predicted octanol–water partition coefficient (Wildman–Crippen LogP) is 1.31. The molecule has 0 atom stereocenters. The molecule has 1 heterocycles. The highest BCUT2D eigenvalue weighted by Crippen LogP contribution is 2.09. The van der Waals surface area contributed by atoms with Crippen molar-refractivity contribution in [3.8, 4) is 0 Å². The van der Waals surface area contributed by atoms with Crippen molar-refractivity contribution in [1.82, 2.24) is 5.16 Å². The van der Waals surface area contributed by atoms with Crippen LogP contribution in [0.3, 0.4) is 0 Å². The van der Waals surface area contributed by atoms with Crippen LogP contribution in [0.4, 0.5) is 5.82 Å². The molecule has 0 spiro atoms. The minimum atomic E-state index is -3.73. The summed E-state index contributed by atoms with van der Waals surface area (Å²) in [4.78, 5) is 0.177. The first-order valence-corrected chi connectivity index (χ1v) is 8.73. The zero-order chi connectivity index (χ0) is 17.0. The van der Waals surface area contributed by atoms with Crippen LogP contribution >= 0.6 is 0 Å². The van der Waals surface area contributed by atoms with Gasteiger partial charge in [0.2, 0.25) is 0 Å². The lowest BCUT2D eigenvalue weighted by atomic mass is 10.2. The molecule has 24 heavy (non-hydrogen) atoms. The molecule has 0 saturated carbocycles. The predicted molar refractivity (Wildman–Crippen MR) is 90.0 cm³/mol. The number of nitrogens with one attached hydrogen (secondary N) is 2. The van der Waals surface area contributed by atoms with E-state index in [1.807, 2.05) is 18.2 Å². The summed E-state index contributed by atoms with van der Waals surface area (Å²) in [6.45, 7) is 1.76. The number of hydrogen-bond acceptors (Lipinski definition) is 4. The molecule has 1 aromatic heterocycles. The van der Waals surface area contributed by atoms with E-state index in [2.05, 4.69) is 14.9 Å². The molecule has 7 heteroatoms. The van der Waals surface area contributed by atoms with Crippen LogP contribution in [-0.4, -0.2) is 19.4 Å². The number of nitrogens with zero attached hydrogens (tertiary/aromatic N) is 1. The largest absolute Gasteiger partial charge is 0.358 e. The third-order valence-corrected chi connectivity index (χ3v) is 4.60. The maximum Gasteiger partial charge on any atom is 0.328 e. The number of hydrogen-bond donors (Lipinski definition) is 2. The fourth-order valence-corrected chi connectivity index (χ4v) is 3.18. The van der Waals surface area contributed by atoms with Gasteiger partial charge in [-0.3, -0.25) is 0 Å². The van der Waals surface area contributed by atoms with Gasteiger partial charge in [0.05, 0.1) is 5.56 Å². The monoisotopic (exact) mass is 342 g/mol. The first kappa shape index (κ1) is 15.9. The Balaban J connectivity index is 2.04. The van der Waals surface area contributed by atoms with E-state index < -0.39 is 10.0 Å².